The van der Waals surface area contributed by atoms with E-state index in [1.807, 2.05) is 0 Å². The van der Waals surface area contributed by atoms with Gasteiger partial charge in [0.25, 0.3) is 0 Å². The van der Waals surface area contributed by atoms with Crippen molar-refractivity contribution in [3.05, 3.63) is 70.8 Å². The van der Waals surface area contributed by atoms with Crippen molar-refractivity contribution in [2.75, 3.05) is 0 Å². The van der Waals surface area contributed by atoms with Crippen LogP contribution in [-0.2, 0) is 6.42 Å². The highest BCUT2D eigenvalue weighted by molar-refractivity contribution is 5.35. The minimum absolute atomic E-state index is 1.03. The summed E-state index contributed by atoms with van der Waals surface area (Å²) < 4.78 is 0. The molecule has 0 heterocycles. The van der Waals surface area contributed by atoms with Gasteiger partial charge < -0.3 is 0 Å². The van der Waals surface area contributed by atoms with Crippen LogP contribution in [0, 0.1) is 6.92 Å². The zero-order valence-electron chi connectivity index (χ0n) is 10.0. The van der Waals surface area contributed by atoms with Gasteiger partial charge in [0.15, 0.2) is 0 Å². The van der Waals surface area contributed by atoms with Crippen LogP contribution < -0.4 is 0 Å². The lowest BCUT2D eigenvalue weighted by molar-refractivity contribution is 1.18. The van der Waals surface area contributed by atoms with Gasteiger partial charge in [0.2, 0.25) is 0 Å². The van der Waals surface area contributed by atoms with Gasteiger partial charge in [-0.2, -0.15) is 0 Å². The smallest absolute Gasteiger partial charge is 0.00259 e. The van der Waals surface area contributed by atoms with Gasteiger partial charge in [-0.1, -0.05) is 59.7 Å². The summed E-state index contributed by atoms with van der Waals surface area (Å²) in [5, 5.41) is 0. The van der Waals surface area contributed by atoms with Crippen LogP contribution >= 0.6 is 0 Å². The van der Waals surface area contributed by atoms with E-state index in [-0.39, 0.29) is 0 Å². The summed E-state index contributed by atoms with van der Waals surface area (Å²) in [4.78, 5) is 0. The van der Waals surface area contributed by atoms with Gasteiger partial charge in [-0.15, -0.1) is 0 Å². The molecule has 0 saturated carbocycles. The van der Waals surface area contributed by atoms with E-state index in [1.165, 1.54) is 22.3 Å². The predicted molar refractivity (Wildman–Crippen MR) is 70.5 cm³/mol. The molecular formula is C16H18. The van der Waals surface area contributed by atoms with Crippen molar-refractivity contribution in [3.63, 3.8) is 0 Å². The molecule has 1 aromatic carbocycles. The maximum Gasteiger partial charge on any atom is -0.00259 e. The van der Waals surface area contributed by atoms with Crippen molar-refractivity contribution >= 4 is 0 Å². The Morgan fingerprint density at radius 2 is 1.75 bits per heavy atom. The average Bonchev–Trinajstić information content (AvgIpc) is 2.47. The molecule has 0 nitrogen and oxygen atoms in total. The second-order valence-electron chi connectivity index (χ2n) is 4.52. The van der Waals surface area contributed by atoms with E-state index in [1.54, 1.807) is 0 Å². The molecule has 0 amide bonds. The highest BCUT2D eigenvalue weighted by Crippen LogP contribution is 2.15. The summed E-state index contributed by atoms with van der Waals surface area (Å²) in [7, 11) is 0. The molecule has 0 fully saturated rings. The first kappa shape index (κ1) is 10.9. The van der Waals surface area contributed by atoms with Crippen molar-refractivity contribution in [2.45, 2.75) is 26.7 Å². The summed E-state index contributed by atoms with van der Waals surface area (Å²) in [5.74, 6) is 0. The van der Waals surface area contributed by atoms with Gasteiger partial charge in [0, 0.05) is 0 Å². The lowest BCUT2D eigenvalue weighted by Gasteiger charge is -2.02. The Morgan fingerprint density at radius 1 is 1.00 bits per heavy atom. The Bertz CT molecular complexity index is 441. The summed E-state index contributed by atoms with van der Waals surface area (Å²) in [5.41, 5.74) is 5.52. The fraction of sp³-hybridized carbons (Fsp3) is 0.250. The van der Waals surface area contributed by atoms with Gasteiger partial charge in [0.1, 0.15) is 0 Å². The van der Waals surface area contributed by atoms with E-state index in [9.17, 15) is 0 Å². The first-order valence-electron chi connectivity index (χ1n) is 5.82. The highest BCUT2D eigenvalue weighted by Gasteiger charge is 1.98. The fourth-order valence-electron chi connectivity index (χ4n) is 1.83. The largest absolute Gasteiger partial charge is 0.0802 e. The molecule has 1 aliphatic carbocycles. The SMILES string of the molecule is CC1=CC=C(Cc2ccc(C)cc2)C=CC1. The number of aryl methyl sites for hydroxylation is 1. The number of benzene rings is 1. The molecule has 0 aromatic heterocycles. The second kappa shape index (κ2) is 4.98. The molecule has 1 aliphatic rings. The molecule has 0 saturated heterocycles. The minimum Gasteiger partial charge on any atom is -0.0802 e. The third-order valence-electron chi connectivity index (χ3n) is 2.88. The molecule has 0 radical (unpaired) electrons. The summed E-state index contributed by atoms with van der Waals surface area (Å²) in [6.45, 7) is 4.30. The van der Waals surface area contributed by atoms with Gasteiger partial charge in [-0.3, -0.25) is 0 Å². The number of hydrogen-bond donors (Lipinski definition) is 0. The number of allylic oxidation sites excluding steroid dienone is 6. The second-order valence-corrected chi connectivity index (χ2v) is 4.52. The molecule has 0 heteroatoms. The minimum atomic E-state index is 1.03. The quantitative estimate of drug-likeness (QED) is 0.680. The van der Waals surface area contributed by atoms with Crippen LogP contribution in [0.1, 0.15) is 24.5 Å². The highest BCUT2D eigenvalue weighted by atomic mass is 14.0. The fourth-order valence-corrected chi connectivity index (χ4v) is 1.83. The topological polar surface area (TPSA) is 0 Å². The first-order chi connectivity index (χ1) is 7.74. The molecule has 0 atom stereocenters. The first-order valence-corrected chi connectivity index (χ1v) is 5.82. The average molecular weight is 210 g/mol. The van der Waals surface area contributed by atoms with Crippen molar-refractivity contribution < 1.29 is 0 Å². The van der Waals surface area contributed by atoms with Gasteiger partial charge >= 0.3 is 0 Å². The maximum absolute atomic E-state index is 2.25. The molecule has 0 unspecified atom stereocenters. The molecule has 2 rings (SSSR count). The van der Waals surface area contributed by atoms with Gasteiger partial charge in [-0.05, 0) is 37.8 Å². The van der Waals surface area contributed by atoms with E-state index in [4.69, 9.17) is 0 Å². The molecule has 0 bridgehead atoms. The van der Waals surface area contributed by atoms with E-state index >= 15 is 0 Å². The summed E-state index contributed by atoms with van der Waals surface area (Å²) in [6.07, 6.45) is 11.1. The molecule has 16 heavy (non-hydrogen) atoms. The van der Waals surface area contributed by atoms with E-state index in [0.29, 0.717) is 0 Å². The molecular weight excluding hydrogens is 192 g/mol. The Hall–Kier alpha value is -1.56. The Kier molecular flexibility index (Phi) is 3.40. The Labute approximate surface area is 98.0 Å². The third kappa shape index (κ3) is 2.96. The zero-order chi connectivity index (χ0) is 11.4. The van der Waals surface area contributed by atoms with Crippen LogP contribution in [0.15, 0.2) is 59.7 Å². The van der Waals surface area contributed by atoms with Gasteiger partial charge in [0.05, 0.1) is 0 Å². The number of hydrogen-bond acceptors (Lipinski definition) is 0. The molecule has 1 aromatic rings. The summed E-state index contributed by atoms with van der Waals surface area (Å²) in [6, 6.07) is 8.78. The molecule has 0 spiro atoms. The van der Waals surface area contributed by atoms with Crippen LogP contribution in [0.3, 0.4) is 0 Å². The van der Waals surface area contributed by atoms with E-state index in [0.717, 1.165) is 12.8 Å². The van der Waals surface area contributed by atoms with Crippen LogP contribution in [0.2, 0.25) is 0 Å². The number of rotatable bonds is 2. The lowest BCUT2D eigenvalue weighted by atomic mass is 10.0. The monoisotopic (exact) mass is 210 g/mol. The normalized spacial score (nSPS) is 15.4. The molecule has 0 N–H and O–H groups in total. The summed E-state index contributed by atoms with van der Waals surface area (Å²) >= 11 is 0. The maximum atomic E-state index is 2.25. The van der Waals surface area contributed by atoms with Crippen LogP contribution in [0.25, 0.3) is 0 Å². The van der Waals surface area contributed by atoms with Crippen LogP contribution in [0.5, 0.6) is 0 Å². The van der Waals surface area contributed by atoms with Crippen LogP contribution in [0.4, 0.5) is 0 Å². The Morgan fingerprint density at radius 3 is 2.50 bits per heavy atom. The van der Waals surface area contributed by atoms with Crippen LogP contribution in [-0.4, -0.2) is 0 Å². The zero-order valence-corrected chi connectivity index (χ0v) is 10.0. The molecule has 0 aliphatic heterocycles. The van der Waals surface area contributed by atoms with Crippen molar-refractivity contribution in [2.24, 2.45) is 0 Å². The molecule has 82 valence electrons. The van der Waals surface area contributed by atoms with E-state index in [2.05, 4.69) is 62.4 Å². The predicted octanol–water partition coefficient (Wildman–Crippen LogP) is 4.37. The van der Waals surface area contributed by atoms with Gasteiger partial charge in [-0.25, -0.2) is 0 Å². The lowest BCUT2D eigenvalue weighted by Crippen LogP contribution is -1.87. The van der Waals surface area contributed by atoms with Crippen molar-refractivity contribution in [1.82, 2.24) is 0 Å². The Balaban J connectivity index is 2.13. The third-order valence-corrected chi connectivity index (χ3v) is 2.88. The standard InChI is InChI=1S/C16H18/c1-13-4-3-5-15(9-6-13)12-16-10-7-14(2)8-11-16/h3,5-11H,4,12H2,1-2H3. The van der Waals surface area contributed by atoms with Crippen molar-refractivity contribution in [1.29, 1.82) is 0 Å². The van der Waals surface area contributed by atoms with Crippen molar-refractivity contribution in [3.8, 4) is 0 Å². The van der Waals surface area contributed by atoms with E-state index < -0.39 is 0 Å².